The van der Waals surface area contributed by atoms with Gasteiger partial charge < -0.3 is 15.5 Å². The lowest BCUT2D eigenvalue weighted by Crippen LogP contribution is -2.47. The van der Waals surface area contributed by atoms with Crippen LogP contribution in [0.4, 0.5) is 5.69 Å². The van der Waals surface area contributed by atoms with E-state index in [2.05, 4.69) is 10.6 Å². The van der Waals surface area contributed by atoms with E-state index in [1.54, 1.807) is 4.90 Å². The molecular formula is C18H26ClN3O2. The molecule has 1 aromatic carbocycles. The van der Waals surface area contributed by atoms with Crippen molar-refractivity contribution >= 4 is 29.9 Å². The average molecular weight is 352 g/mol. The normalized spacial score (nSPS) is 23.8. The highest BCUT2D eigenvalue weighted by Crippen LogP contribution is 2.29. The van der Waals surface area contributed by atoms with Crippen LogP contribution in [0, 0.1) is 19.8 Å². The number of anilines is 1. The first-order valence-corrected chi connectivity index (χ1v) is 8.44. The van der Waals surface area contributed by atoms with Crippen molar-refractivity contribution in [3.63, 3.8) is 0 Å². The van der Waals surface area contributed by atoms with Crippen LogP contribution in [0.2, 0.25) is 0 Å². The van der Waals surface area contributed by atoms with Crippen LogP contribution in [0.25, 0.3) is 0 Å². The predicted molar refractivity (Wildman–Crippen MR) is 97.7 cm³/mol. The highest BCUT2D eigenvalue weighted by molar-refractivity contribution is 6.01. The Bertz CT molecular complexity index is 614. The van der Waals surface area contributed by atoms with Crippen LogP contribution in [0.5, 0.6) is 0 Å². The number of aryl methyl sites for hydroxylation is 1. The lowest BCUT2D eigenvalue weighted by molar-refractivity contribution is -0.127. The van der Waals surface area contributed by atoms with Crippen molar-refractivity contribution in [1.82, 2.24) is 10.6 Å². The quantitative estimate of drug-likeness (QED) is 0.875. The number of carbonyl (C=O) groups excluding carboxylic acids is 2. The number of rotatable bonds is 3. The van der Waals surface area contributed by atoms with Gasteiger partial charge in [0.25, 0.3) is 0 Å². The van der Waals surface area contributed by atoms with Gasteiger partial charge in [0.05, 0.1) is 5.92 Å². The van der Waals surface area contributed by atoms with Crippen LogP contribution >= 0.6 is 12.4 Å². The van der Waals surface area contributed by atoms with Gasteiger partial charge in [-0.2, -0.15) is 0 Å². The van der Waals surface area contributed by atoms with Gasteiger partial charge in [-0.25, -0.2) is 0 Å². The van der Waals surface area contributed by atoms with Crippen LogP contribution < -0.4 is 15.5 Å². The molecule has 1 aromatic rings. The van der Waals surface area contributed by atoms with Crippen LogP contribution in [0.1, 0.15) is 30.4 Å². The number of hydrogen-bond donors (Lipinski definition) is 2. The fourth-order valence-corrected chi connectivity index (χ4v) is 3.44. The van der Waals surface area contributed by atoms with Crippen LogP contribution in [-0.4, -0.2) is 37.5 Å². The molecule has 5 nitrogen and oxygen atoms in total. The lowest BCUT2D eigenvalue weighted by atomic mass is 10.0. The van der Waals surface area contributed by atoms with Crippen molar-refractivity contribution in [2.75, 3.05) is 24.5 Å². The van der Waals surface area contributed by atoms with Crippen molar-refractivity contribution in [3.05, 3.63) is 29.3 Å². The Balaban J connectivity index is 0.00000208. The maximum atomic E-state index is 12.5. The van der Waals surface area contributed by atoms with E-state index in [9.17, 15) is 9.59 Å². The summed E-state index contributed by atoms with van der Waals surface area (Å²) in [6, 6.07) is 6.16. The number of benzene rings is 1. The molecule has 1 unspecified atom stereocenters. The monoisotopic (exact) mass is 351 g/mol. The third-order valence-corrected chi connectivity index (χ3v) is 5.01. The molecule has 0 radical (unpaired) electrons. The molecule has 24 heavy (non-hydrogen) atoms. The van der Waals surface area contributed by atoms with E-state index in [1.165, 1.54) is 0 Å². The summed E-state index contributed by atoms with van der Waals surface area (Å²) in [5.74, 6) is -0.190. The third kappa shape index (κ3) is 3.90. The minimum absolute atomic E-state index is 0. The molecular weight excluding hydrogens is 326 g/mol. The molecule has 132 valence electrons. The molecule has 2 aliphatic rings. The standard InChI is InChI=1S/C18H25N3O2.ClH/c1-12-5-3-7-16(13(12)2)21-11-14(9-17(21)22)18(23)20-15-6-4-8-19-10-15;/h3,5,7,14-15,19H,4,6,8-11H2,1-2H3,(H,20,23);1H/t14?,15-;/m0./s1. The molecule has 2 aliphatic heterocycles. The molecule has 0 aliphatic carbocycles. The van der Waals surface area contributed by atoms with E-state index in [1.807, 2.05) is 32.0 Å². The van der Waals surface area contributed by atoms with Gasteiger partial charge in [0.15, 0.2) is 0 Å². The first-order valence-electron chi connectivity index (χ1n) is 8.44. The summed E-state index contributed by atoms with van der Waals surface area (Å²) in [4.78, 5) is 26.6. The molecule has 0 saturated carbocycles. The number of amides is 2. The summed E-state index contributed by atoms with van der Waals surface area (Å²) >= 11 is 0. The van der Waals surface area contributed by atoms with Gasteiger partial charge in [-0.15, -0.1) is 12.4 Å². The minimum atomic E-state index is -0.246. The zero-order chi connectivity index (χ0) is 16.4. The fraction of sp³-hybridized carbons (Fsp3) is 0.556. The highest BCUT2D eigenvalue weighted by atomic mass is 35.5. The van der Waals surface area contributed by atoms with Crippen molar-refractivity contribution in [1.29, 1.82) is 0 Å². The fourth-order valence-electron chi connectivity index (χ4n) is 3.44. The Labute approximate surface area is 149 Å². The first kappa shape index (κ1) is 18.7. The molecule has 2 atom stereocenters. The Hall–Kier alpha value is -1.59. The predicted octanol–water partition coefficient (Wildman–Crippen LogP) is 1.95. The van der Waals surface area contributed by atoms with Crippen LogP contribution in [0.3, 0.4) is 0 Å². The van der Waals surface area contributed by atoms with Crippen LogP contribution in [0.15, 0.2) is 18.2 Å². The summed E-state index contributed by atoms with van der Waals surface area (Å²) in [6.45, 7) is 6.40. The van der Waals surface area contributed by atoms with E-state index in [0.29, 0.717) is 13.0 Å². The number of halogens is 1. The maximum absolute atomic E-state index is 12.5. The first-order chi connectivity index (χ1) is 11.1. The summed E-state index contributed by atoms with van der Waals surface area (Å²) < 4.78 is 0. The Morgan fingerprint density at radius 3 is 2.83 bits per heavy atom. The topological polar surface area (TPSA) is 61.4 Å². The largest absolute Gasteiger partial charge is 0.352 e. The lowest BCUT2D eigenvalue weighted by Gasteiger charge is -2.25. The highest BCUT2D eigenvalue weighted by Gasteiger charge is 2.36. The van der Waals surface area contributed by atoms with Gasteiger partial charge >= 0.3 is 0 Å². The van der Waals surface area contributed by atoms with Crippen molar-refractivity contribution < 1.29 is 9.59 Å². The SMILES string of the molecule is Cc1cccc(N2CC(C(=O)N[C@H]3CCCNC3)CC2=O)c1C.Cl. The van der Waals surface area contributed by atoms with E-state index in [-0.39, 0.29) is 36.2 Å². The number of piperidine rings is 1. The molecule has 2 amide bonds. The summed E-state index contributed by atoms with van der Waals surface area (Å²) in [5.41, 5.74) is 3.21. The van der Waals surface area contributed by atoms with Crippen molar-refractivity contribution in [3.8, 4) is 0 Å². The van der Waals surface area contributed by atoms with Gasteiger partial charge in [-0.3, -0.25) is 9.59 Å². The van der Waals surface area contributed by atoms with E-state index in [0.717, 1.165) is 42.7 Å². The minimum Gasteiger partial charge on any atom is -0.352 e. The molecule has 0 aromatic heterocycles. The Morgan fingerprint density at radius 2 is 2.12 bits per heavy atom. The van der Waals surface area contributed by atoms with E-state index >= 15 is 0 Å². The average Bonchev–Trinajstić information content (AvgIpc) is 2.93. The Kier molecular flexibility index (Phi) is 6.24. The molecule has 2 saturated heterocycles. The molecule has 2 heterocycles. The molecule has 0 spiro atoms. The number of carbonyl (C=O) groups is 2. The smallest absolute Gasteiger partial charge is 0.227 e. The summed E-state index contributed by atoms with van der Waals surface area (Å²) in [7, 11) is 0. The summed E-state index contributed by atoms with van der Waals surface area (Å²) in [5, 5.41) is 6.39. The molecule has 3 rings (SSSR count). The van der Waals surface area contributed by atoms with Gasteiger partial charge in [-0.1, -0.05) is 12.1 Å². The second-order valence-electron chi connectivity index (χ2n) is 6.68. The molecule has 6 heteroatoms. The second kappa shape index (κ2) is 7.99. The van der Waals surface area contributed by atoms with Crippen molar-refractivity contribution in [2.24, 2.45) is 5.92 Å². The van der Waals surface area contributed by atoms with Crippen LogP contribution in [-0.2, 0) is 9.59 Å². The third-order valence-electron chi connectivity index (χ3n) is 5.01. The number of nitrogens with zero attached hydrogens (tertiary/aromatic N) is 1. The van der Waals surface area contributed by atoms with Gasteiger partial charge in [0.1, 0.15) is 0 Å². The summed E-state index contributed by atoms with van der Waals surface area (Å²) in [6.07, 6.45) is 2.41. The van der Waals surface area contributed by atoms with E-state index < -0.39 is 0 Å². The molecule has 2 N–H and O–H groups in total. The van der Waals surface area contributed by atoms with E-state index in [4.69, 9.17) is 0 Å². The van der Waals surface area contributed by atoms with Crippen molar-refractivity contribution in [2.45, 2.75) is 39.2 Å². The van der Waals surface area contributed by atoms with Gasteiger partial charge in [-0.05, 0) is 50.4 Å². The molecule has 0 bridgehead atoms. The van der Waals surface area contributed by atoms with Gasteiger partial charge in [0, 0.05) is 31.2 Å². The maximum Gasteiger partial charge on any atom is 0.227 e. The second-order valence-corrected chi connectivity index (χ2v) is 6.68. The Morgan fingerprint density at radius 1 is 1.33 bits per heavy atom. The zero-order valence-corrected chi connectivity index (χ0v) is 15.1. The number of nitrogens with one attached hydrogen (secondary N) is 2. The number of hydrogen-bond acceptors (Lipinski definition) is 3. The zero-order valence-electron chi connectivity index (χ0n) is 14.3. The van der Waals surface area contributed by atoms with Gasteiger partial charge in [0.2, 0.25) is 11.8 Å². The molecule has 2 fully saturated rings.